The number of nitrogens with one attached hydrogen (secondary N) is 3. The number of hydrogen-bond acceptors (Lipinski definition) is 5. The van der Waals surface area contributed by atoms with Crippen molar-refractivity contribution in [2.45, 2.75) is 69.6 Å². The molecular weight excluding hydrogens is 647 g/mol. The number of rotatable bonds is 14. The number of pyridine rings is 1. The first-order valence-electron chi connectivity index (χ1n) is 15.0. The second-order valence-corrected chi connectivity index (χ2v) is 11.8. The Morgan fingerprint density at radius 3 is 2.47 bits per heavy atom. The second kappa shape index (κ2) is 15.6. The van der Waals surface area contributed by atoms with E-state index < -0.39 is 47.6 Å². The minimum absolute atomic E-state index is 0.00482. The molecule has 1 heterocycles. The number of ether oxygens (including phenoxy) is 1. The number of urea groups is 1. The molecule has 47 heavy (non-hydrogen) atoms. The maximum absolute atomic E-state index is 15.1. The first-order valence-corrected chi connectivity index (χ1v) is 15.3. The molecule has 2 aromatic carbocycles. The van der Waals surface area contributed by atoms with Crippen molar-refractivity contribution in [1.29, 1.82) is 0 Å². The monoisotopic (exact) mass is 680 g/mol. The Kier molecular flexibility index (Phi) is 11.8. The molecule has 0 aliphatic heterocycles. The van der Waals surface area contributed by atoms with Gasteiger partial charge < -0.3 is 25.5 Å². The van der Waals surface area contributed by atoms with Crippen LogP contribution in [-0.4, -0.2) is 47.8 Å². The fraction of sp³-hybridized carbons (Fsp3) is 0.394. The minimum atomic E-state index is -4.93. The predicted octanol–water partition coefficient (Wildman–Crippen LogP) is 6.55. The molecule has 8 nitrogen and oxygen atoms in total. The Morgan fingerprint density at radius 2 is 1.81 bits per heavy atom. The fourth-order valence-electron chi connectivity index (χ4n) is 5.65. The standard InChI is InChI=1S/C33H34ClF5N4O4/c1-20(44)7-6-14-40-29(45)26-10-5-11-27(26)42-31(46)43-32(18-21-8-3-2-4-9-21,28-13-12-23(34)19-41-28)22-15-24(35)17-25(16-22)47-33(38,39)30(36)37/h2-4,8-9,12-13,15-17,19,26-27,30H,5-7,10-11,14,18H2,1H3,(H,40,45)(H2,42,43,46)/t26-,27+,32-/m0/s1. The molecule has 3 N–H and O–H groups in total. The van der Waals surface area contributed by atoms with Crippen LogP contribution in [0.25, 0.3) is 0 Å². The van der Waals surface area contributed by atoms with Crippen LogP contribution in [0.1, 0.15) is 55.8 Å². The normalized spacial score (nSPS) is 17.5. The summed E-state index contributed by atoms with van der Waals surface area (Å²) in [5.41, 5.74) is -1.21. The highest BCUT2D eigenvalue weighted by molar-refractivity contribution is 6.30. The number of carbonyl (C=O) groups is 3. The lowest BCUT2D eigenvalue weighted by Crippen LogP contribution is -2.55. The molecule has 1 saturated carbocycles. The van der Waals surface area contributed by atoms with Crippen LogP contribution >= 0.6 is 11.6 Å². The number of nitrogens with zero attached hydrogens (tertiary/aromatic N) is 1. The van der Waals surface area contributed by atoms with Crippen molar-refractivity contribution >= 4 is 29.3 Å². The zero-order chi connectivity index (χ0) is 34.2. The number of amides is 3. The van der Waals surface area contributed by atoms with Gasteiger partial charge in [0.2, 0.25) is 5.91 Å². The molecular formula is C33H34ClF5N4O4. The number of benzene rings is 2. The van der Waals surface area contributed by atoms with Gasteiger partial charge >= 0.3 is 18.6 Å². The zero-order valence-electron chi connectivity index (χ0n) is 25.4. The van der Waals surface area contributed by atoms with Gasteiger partial charge in [-0.25, -0.2) is 9.18 Å². The van der Waals surface area contributed by atoms with E-state index in [-0.39, 0.29) is 34.4 Å². The molecule has 0 unspecified atom stereocenters. The second-order valence-electron chi connectivity index (χ2n) is 11.4. The van der Waals surface area contributed by atoms with Gasteiger partial charge in [-0.3, -0.25) is 9.78 Å². The van der Waals surface area contributed by atoms with Gasteiger partial charge in [0, 0.05) is 37.7 Å². The van der Waals surface area contributed by atoms with Crippen molar-refractivity contribution in [3.05, 3.63) is 94.5 Å². The smallest absolute Gasteiger partial charge is 0.428 e. The summed E-state index contributed by atoms with van der Waals surface area (Å²) in [6.45, 7) is 1.76. The van der Waals surface area contributed by atoms with E-state index >= 15 is 4.39 Å². The number of halogens is 6. The maximum atomic E-state index is 15.1. The average Bonchev–Trinajstić information content (AvgIpc) is 3.47. The number of carbonyl (C=O) groups excluding carboxylic acids is 3. The van der Waals surface area contributed by atoms with Crippen LogP contribution in [0.2, 0.25) is 5.02 Å². The molecule has 252 valence electrons. The van der Waals surface area contributed by atoms with Crippen molar-refractivity contribution in [3.8, 4) is 5.75 Å². The van der Waals surface area contributed by atoms with E-state index in [0.717, 1.165) is 12.1 Å². The zero-order valence-corrected chi connectivity index (χ0v) is 26.1. The van der Waals surface area contributed by atoms with Gasteiger partial charge in [0.15, 0.2) is 0 Å². The number of ketones is 1. The topological polar surface area (TPSA) is 109 Å². The minimum Gasteiger partial charge on any atom is -0.428 e. The molecule has 0 bridgehead atoms. The summed E-state index contributed by atoms with van der Waals surface area (Å²) in [7, 11) is 0. The summed E-state index contributed by atoms with van der Waals surface area (Å²) in [6, 6.07) is 12.6. The lowest BCUT2D eigenvalue weighted by molar-refractivity contribution is -0.253. The van der Waals surface area contributed by atoms with E-state index in [2.05, 4.69) is 25.7 Å². The SMILES string of the molecule is CC(=O)CCCNC(=O)[C@H]1CCC[C@H]1NC(=O)N[C@@](Cc1ccccc1)(c1cc(F)cc(OC(F)(F)C(F)F)c1)c1ccc(Cl)cn1. The van der Waals surface area contributed by atoms with Crippen LogP contribution in [0.4, 0.5) is 26.7 Å². The molecule has 0 saturated heterocycles. The first kappa shape index (κ1) is 35.6. The molecule has 1 aromatic heterocycles. The molecule has 14 heteroatoms. The summed E-state index contributed by atoms with van der Waals surface area (Å²) >= 11 is 6.10. The predicted molar refractivity (Wildman–Crippen MR) is 164 cm³/mol. The molecule has 0 radical (unpaired) electrons. The summed E-state index contributed by atoms with van der Waals surface area (Å²) in [4.78, 5) is 42.4. The van der Waals surface area contributed by atoms with Gasteiger partial charge in [-0.1, -0.05) is 48.4 Å². The van der Waals surface area contributed by atoms with Crippen LogP contribution in [0.3, 0.4) is 0 Å². The highest BCUT2D eigenvalue weighted by Gasteiger charge is 2.45. The average molecular weight is 681 g/mol. The lowest BCUT2D eigenvalue weighted by Gasteiger charge is -2.36. The van der Waals surface area contributed by atoms with E-state index in [9.17, 15) is 31.9 Å². The summed E-state index contributed by atoms with van der Waals surface area (Å²) in [6.07, 6.45) is -5.53. The number of alkyl halides is 4. The van der Waals surface area contributed by atoms with Crippen LogP contribution in [0.15, 0.2) is 66.9 Å². The van der Waals surface area contributed by atoms with Crippen LogP contribution in [-0.2, 0) is 21.5 Å². The van der Waals surface area contributed by atoms with E-state index in [1.54, 1.807) is 30.3 Å². The maximum Gasteiger partial charge on any atom is 0.461 e. The molecule has 3 amide bonds. The van der Waals surface area contributed by atoms with Gasteiger partial charge in [0.05, 0.1) is 16.6 Å². The van der Waals surface area contributed by atoms with E-state index in [1.165, 1.54) is 25.3 Å². The molecule has 1 fully saturated rings. The van der Waals surface area contributed by atoms with E-state index in [4.69, 9.17) is 11.6 Å². The Labute approximate surface area is 273 Å². The Balaban J connectivity index is 1.72. The molecule has 3 aromatic rings. The fourth-order valence-corrected chi connectivity index (χ4v) is 5.76. The summed E-state index contributed by atoms with van der Waals surface area (Å²) in [5, 5.41) is 8.71. The Hall–Kier alpha value is -4.26. The largest absolute Gasteiger partial charge is 0.461 e. The van der Waals surface area contributed by atoms with Crippen molar-refractivity contribution in [2.75, 3.05) is 6.54 Å². The first-order chi connectivity index (χ1) is 22.3. The Bertz CT molecular complexity index is 1550. The molecule has 1 aliphatic rings. The molecule has 0 spiro atoms. The van der Waals surface area contributed by atoms with Crippen LogP contribution in [0.5, 0.6) is 5.75 Å². The van der Waals surface area contributed by atoms with Crippen molar-refractivity contribution < 1.29 is 41.1 Å². The highest BCUT2D eigenvalue weighted by atomic mass is 35.5. The highest BCUT2D eigenvalue weighted by Crippen LogP contribution is 2.37. The third-order valence-electron chi connectivity index (χ3n) is 7.85. The van der Waals surface area contributed by atoms with Crippen molar-refractivity contribution in [1.82, 2.24) is 20.9 Å². The third kappa shape index (κ3) is 9.40. The lowest BCUT2D eigenvalue weighted by atomic mass is 9.80. The van der Waals surface area contributed by atoms with Crippen molar-refractivity contribution in [3.63, 3.8) is 0 Å². The number of aromatic nitrogens is 1. The Morgan fingerprint density at radius 1 is 1.06 bits per heavy atom. The third-order valence-corrected chi connectivity index (χ3v) is 8.07. The summed E-state index contributed by atoms with van der Waals surface area (Å²) < 4.78 is 73.2. The number of hydrogen-bond donors (Lipinski definition) is 3. The number of Topliss-reactive ketones (excluding diaryl/α,β-unsaturated/α-hetero) is 1. The summed E-state index contributed by atoms with van der Waals surface area (Å²) in [5.74, 6) is -2.85. The van der Waals surface area contributed by atoms with Crippen LogP contribution in [0, 0.1) is 11.7 Å². The van der Waals surface area contributed by atoms with E-state index in [1.807, 2.05) is 0 Å². The molecule has 3 atom stereocenters. The van der Waals surface area contributed by atoms with Crippen molar-refractivity contribution in [2.24, 2.45) is 5.92 Å². The van der Waals surface area contributed by atoms with Gasteiger partial charge in [-0.15, -0.1) is 0 Å². The van der Waals surface area contributed by atoms with Gasteiger partial charge in [0.1, 0.15) is 22.9 Å². The molecule has 4 rings (SSSR count). The quantitative estimate of drug-likeness (QED) is 0.132. The van der Waals surface area contributed by atoms with Gasteiger partial charge in [-0.2, -0.15) is 17.6 Å². The van der Waals surface area contributed by atoms with E-state index in [0.29, 0.717) is 50.3 Å². The molecule has 1 aliphatic carbocycles. The van der Waals surface area contributed by atoms with Gasteiger partial charge in [0.25, 0.3) is 0 Å². The van der Waals surface area contributed by atoms with Gasteiger partial charge in [-0.05, 0) is 61.6 Å². The van der Waals surface area contributed by atoms with Crippen LogP contribution < -0.4 is 20.7 Å².